The smallest absolute Gasteiger partial charge is 0.231 e. The maximum atomic E-state index is 12.9. The molecule has 1 aliphatic heterocycles. The molecule has 0 aromatic heterocycles. The van der Waals surface area contributed by atoms with Crippen molar-refractivity contribution in [3.8, 4) is 11.1 Å². The van der Waals surface area contributed by atoms with E-state index < -0.39 is 0 Å². The molecule has 3 aromatic rings. The van der Waals surface area contributed by atoms with E-state index in [4.69, 9.17) is 0 Å². The van der Waals surface area contributed by atoms with Crippen molar-refractivity contribution in [1.29, 1.82) is 0 Å². The van der Waals surface area contributed by atoms with E-state index >= 15 is 0 Å². The van der Waals surface area contributed by atoms with Gasteiger partial charge in [0, 0.05) is 11.3 Å². The second-order valence-electron chi connectivity index (χ2n) is 6.82. The van der Waals surface area contributed by atoms with Crippen LogP contribution in [0.3, 0.4) is 0 Å². The van der Waals surface area contributed by atoms with Crippen LogP contribution in [0, 0.1) is 6.07 Å². The highest BCUT2D eigenvalue weighted by atomic mass is 16.1. The second-order valence-corrected chi connectivity index (χ2v) is 6.82. The van der Waals surface area contributed by atoms with E-state index in [1.807, 2.05) is 36.4 Å². The molecule has 0 fully saturated rings. The van der Waals surface area contributed by atoms with Crippen LogP contribution in [0.5, 0.6) is 0 Å². The highest BCUT2D eigenvalue weighted by Crippen LogP contribution is 2.39. The average Bonchev–Trinajstić information content (AvgIpc) is 2.80. The number of anilines is 1. The molecule has 0 spiro atoms. The molecule has 2 nitrogen and oxygen atoms in total. The van der Waals surface area contributed by atoms with Gasteiger partial charge in [-0.1, -0.05) is 73.2 Å². The zero-order valence-corrected chi connectivity index (χ0v) is 14.7. The Hall–Kier alpha value is -2.87. The number of rotatable bonds is 5. The van der Waals surface area contributed by atoms with Gasteiger partial charge in [-0.25, -0.2) is 0 Å². The van der Waals surface area contributed by atoms with Gasteiger partial charge < -0.3 is 5.32 Å². The first kappa shape index (κ1) is 16.6. The Kier molecular flexibility index (Phi) is 4.83. The zero-order chi connectivity index (χ0) is 17.8. The number of hydrogen-bond donors (Lipinski definition) is 1. The lowest BCUT2D eigenvalue weighted by molar-refractivity contribution is -0.117. The van der Waals surface area contributed by atoms with Crippen molar-refractivity contribution in [3.05, 3.63) is 90.0 Å². The molecule has 26 heavy (non-hydrogen) atoms. The number of carbonyl (C=O) groups excluding carboxylic acids is 1. The molecule has 129 valence electrons. The van der Waals surface area contributed by atoms with Crippen molar-refractivity contribution in [2.45, 2.75) is 31.6 Å². The van der Waals surface area contributed by atoms with E-state index in [1.54, 1.807) is 0 Å². The molecular weight excluding hydrogens is 318 g/mol. The van der Waals surface area contributed by atoms with Crippen LogP contribution in [-0.2, 0) is 11.2 Å². The lowest BCUT2D eigenvalue weighted by Gasteiger charge is -2.16. The largest absolute Gasteiger partial charge is 0.325 e. The third-order valence-electron chi connectivity index (χ3n) is 5.09. The minimum atomic E-state index is -0.109. The monoisotopic (exact) mass is 340 g/mol. The Morgan fingerprint density at radius 1 is 0.885 bits per heavy atom. The van der Waals surface area contributed by atoms with Gasteiger partial charge in [0.25, 0.3) is 0 Å². The van der Waals surface area contributed by atoms with Gasteiger partial charge >= 0.3 is 0 Å². The molecule has 1 radical (unpaired) electrons. The average molecular weight is 340 g/mol. The number of nitrogens with one attached hydrogen (secondary N) is 1. The van der Waals surface area contributed by atoms with Crippen LogP contribution in [0.25, 0.3) is 11.1 Å². The number of aryl methyl sites for hydroxylation is 1. The first-order chi connectivity index (χ1) is 12.8. The summed E-state index contributed by atoms with van der Waals surface area (Å²) in [6, 6.07) is 27.9. The van der Waals surface area contributed by atoms with Crippen LogP contribution < -0.4 is 5.32 Å². The summed E-state index contributed by atoms with van der Waals surface area (Å²) in [5.74, 6) is -0.0155. The Balaban J connectivity index is 1.52. The van der Waals surface area contributed by atoms with Crippen LogP contribution >= 0.6 is 0 Å². The molecule has 1 amide bonds. The minimum Gasteiger partial charge on any atom is -0.325 e. The maximum absolute atomic E-state index is 12.9. The van der Waals surface area contributed by atoms with Crippen molar-refractivity contribution < 1.29 is 4.79 Å². The van der Waals surface area contributed by atoms with Gasteiger partial charge in [0.1, 0.15) is 0 Å². The molecule has 1 heterocycles. The fourth-order valence-corrected chi connectivity index (χ4v) is 3.76. The number of benzene rings is 3. The van der Waals surface area contributed by atoms with Gasteiger partial charge in [-0.3, -0.25) is 4.79 Å². The molecule has 3 aromatic carbocycles. The number of hydrogen-bond acceptors (Lipinski definition) is 1. The summed E-state index contributed by atoms with van der Waals surface area (Å²) in [5.41, 5.74) is 5.45. The minimum absolute atomic E-state index is 0.0931. The summed E-state index contributed by atoms with van der Waals surface area (Å²) in [6.45, 7) is 0. The predicted molar refractivity (Wildman–Crippen MR) is 106 cm³/mol. The Morgan fingerprint density at radius 3 is 2.58 bits per heavy atom. The lowest BCUT2D eigenvalue weighted by Crippen LogP contribution is -2.20. The first-order valence-electron chi connectivity index (χ1n) is 9.28. The number of unbranched alkanes of at least 4 members (excludes halogenated alkanes) is 1. The van der Waals surface area contributed by atoms with Gasteiger partial charge in [-0.05, 0) is 48.1 Å². The summed E-state index contributed by atoms with van der Waals surface area (Å²) in [7, 11) is 0. The molecule has 2 heteroatoms. The molecule has 4 rings (SSSR count). The lowest BCUT2D eigenvalue weighted by atomic mass is 9.87. The van der Waals surface area contributed by atoms with E-state index in [0.717, 1.165) is 48.1 Å². The normalized spacial score (nSPS) is 15.5. The standard InChI is InChI=1S/C24H22NO/c26-24-22(16-5-4-12-18-10-2-1-3-11-18)20-14-7-6-13-19(20)21-15-8-9-17-23(21)25-24/h1-3,6-11,13-14,17,22H,4-5,12,16H2,(H,25,26). The Labute approximate surface area is 154 Å². The van der Waals surface area contributed by atoms with Crippen LogP contribution in [0.15, 0.2) is 72.8 Å². The molecule has 1 unspecified atom stereocenters. The van der Waals surface area contributed by atoms with Gasteiger partial charge in [-0.15, -0.1) is 0 Å². The maximum Gasteiger partial charge on any atom is 0.231 e. The summed E-state index contributed by atoms with van der Waals surface area (Å²) in [4.78, 5) is 12.9. The quantitative estimate of drug-likeness (QED) is 0.602. The number of amides is 1. The molecule has 0 saturated carbocycles. The molecule has 1 N–H and O–H groups in total. The van der Waals surface area contributed by atoms with Gasteiger partial charge in [0.2, 0.25) is 5.91 Å². The van der Waals surface area contributed by atoms with Crippen molar-refractivity contribution in [3.63, 3.8) is 0 Å². The Bertz CT molecular complexity index is 901. The molecule has 0 bridgehead atoms. The van der Waals surface area contributed by atoms with Gasteiger partial charge in [-0.2, -0.15) is 0 Å². The summed E-state index contributed by atoms with van der Waals surface area (Å²) >= 11 is 0. The SMILES string of the molecule is O=C1Nc2ccc[c]c2-c2ccccc2C1CCCCc1ccccc1. The first-order valence-corrected chi connectivity index (χ1v) is 9.28. The summed E-state index contributed by atoms with van der Waals surface area (Å²) in [5, 5.41) is 3.11. The third kappa shape index (κ3) is 3.41. The Morgan fingerprint density at radius 2 is 1.69 bits per heavy atom. The van der Waals surface area contributed by atoms with E-state index in [9.17, 15) is 4.79 Å². The fourth-order valence-electron chi connectivity index (χ4n) is 3.76. The van der Waals surface area contributed by atoms with Crippen LogP contribution in [0.2, 0.25) is 0 Å². The van der Waals surface area contributed by atoms with Crippen molar-refractivity contribution in [2.24, 2.45) is 0 Å². The zero-order valence-electron chi connectivity index (χ0n) is 14.7. The van der Waals surface area contributed by atoms with E-state index in [0.29, 0.717) is 0 Å². The number of carbonyl (C=O) groups is 1. The highest BCUT2D eigenvalue weighted by Gasteiger charge is 2.27. The van der Waals surface area contributed by atoms with Crippen LogP contribution in [0.4, 0.5) is 5.69 Å². The highest BCUT2D eigenvalue weighted by molar-refractivity contribution is 6.03. The molecular formula is C24H22NO. The van der Waals surface area contributed by atoms with Crippen molar-refractivity contribution in [2.75, 3.05) is 5.32 Å². The van der Waals surface area contributed by atoms with Crippen LogP contribution in [-0.4, -0.2) is 5.91 Å². The van der Waals surface area contributed by atoms with Gasteiger partial charge in [0.05, 0.1) is 5.92 Å². The summed E-state index contributed by atoms with van der Waals surface area (Å²) < 4.78 is 0. The van der Waals surface area contributed by atoms with E-state index in [1.165, 1.54) is 5.56 Å². The topological polar surface area (TPSA) is 29.1 Å². The van der Waals surface area contributed by atoms with Gasteiger partial charge in [0.15, 0.2) is 0 Å². The summed E-state index contributed by atoms with van der Waals surface area (Å²) in [6.07, 6.45) is 4.05. The molecule has 1 atom stereocenters. The van der Waals surface area contributed by atoms with Crippen LogP contribution in [0.1, 0.15) is 36.3 Å². The fraction of sp³-hybridized carbons (Fsp3) is 0.208. The molecule has 1 aliphatic rings. The predicted octanol–water partition coefficient (Wildman–Crippen LogP) is 5.60. The third-order valence-corrected chi connectivity index (χ3v) is 5.09. The second kappa shape index (κ2) is 7.57. The van der Waals surface area contributed by atoms with E-state index in [2.05, 4.69) is 47.8 Å². The number of fused-ring (bicyclic) bond motifs is 3. The molecule has 0 aliphatic carbocycles. The van der Waals surface area contributed by atoms with E-state index in [-0.39, 0.29) is 11.8 Å². The van der Waals surface area contributed by atoms with Crippen molar-refractivity contribution >= 4 is 11.6 Å². The van der Waals surface area contributed by atoms with Crippen molar-refractivity contribution in [1.82, 2.24) is 0 Å². The molecule has 0 saturated heterocycles.